The number of ether oxygens (including phenoxy) is 1. The van der Waals surface area contributed by atoms with Gasteiger partial charge in [-0.3, -0.25) is 4.90 Å². The molecular formula is C17H23N3O2. The summed E-state index contributed by atoms with van der Waals surface area (Å²) in [5.74, 6) is 1.95. The number of hydrogen-bond acceptors (Lipinski definition) is 4. The van der Waals surface area contributed by atoms with Crippen molar-refractivity contribution in [3.8, 4) is 5.75 Å². The highest BCUT2D eigenvalue weighted by molar-refractivity contribution is 5.39. The fraction of sp³-hybridized carbons (Fsp3) is 0.471. The summed E-state index contributed by atoms with van der Waals surface area (Å²) in [6.45, 7) is 7.63. The van der Waals surface area contributed by atoms with Gasteiger partial charge in [-0.2, -0.15) is 0 Å². The summed E-state index contributed by atoms with van der Waals surface area (Å²) in [6, 6.07) is 6.07. The van der Waals surface area contributed by atoms with E-state index in [1.165, 1.54) is 0 Å². The molecule has 3 rings (SSSR count). The van der Waals surface area contributed by atoms with Crippen molar-refractivity contribution in [3.05, 3.63) is 47.5 Å². The van der Waals surface area contributed by atoms with Gasteiger partial charge < -0.3 is 14.4 Å². The second-order valence-electron chi connectivity index (χ2n) is 5.96. The molecule has 0 unspecified atom stereocenters. The molecule has 0 amide bonds. The lowest BCUT2D eigenvalue weighted by atomic mass is 10.1. The number of nitrogens with zero attached hydrogens (tertiary/aromatic N) is 3. The predicted molar refractivity (Wildman–Crippen MR) is 84.9 cm³/mol. The van der Waals surface area contributed by atoms with Crippen LogP contribution in [0.3, 0.4) is 0 Å². The van der Waals surface area contributed by atoms with Crippen molar-refractivity contribution in [2.75, 3.05) is 19.7 Å². The zero-order valence-electron chi connectivity index (χ0n) is 13.2. The van der Waals surface area contributed by atoms with E-state index < -0.39 is 6.10 Å². The predicted octanol–water partition coefficient (Wildman–Crippen LogP) is 1.76. The Kier molecular flexibility index (Phi) is 4.45. The molecule has 0 aliphatic carbocycles. The van der Waals surface area contributed by atoms with Crippen LogP contribution in [0.2, 0.25) is 0 Å². The van der Waals surface area contributed by atoms with Crippen LogP contribution < -0.4 is 4.74 Å². The molecule has 1 atom stereocenters. The van der Waals surface area contributed by atoms with E-state index in [-0.39, 0.29) is 0 Å². The van der Waals surface area contributed by atoms with Gasteiger partial charge in [0.15, 0.2) is 0 Å². The van der Waals surface area contributed by atoms with Crippen LogP contribution in [-0.2, 0) is 13.1 Å². The van der Waals surface area contributed by atoms with Crippen LogP contribution in [0.25, 0.3) is 0 Å². The van der Waals surface area contributed by atoms with E-state index in [1.807, 2.05) is 44.4 Å². The molecule has 5 nitrogen and oxygen atoms in total. The van der Waals surface area contributed by atoms with Crippen LogP contribution in [0.1, 0.15) is 17.0 Å². The molecular weight excluding hydrogens is 278 g/mol. The summed E-state index contributed by atoms with van der Waals surface area (Å²) in [5, 5.41) is 10.2. The lowest BCUT2D eigenvalue weighted by Crippen LogP contribution is -2.40. The minimum absolute atomic E-state index is 0.316. The highest BCUT2D eigenvalue weighted by Gasteiger charge is 2.19. The summed E-state index contributed by atoms with van der Waals surface area (Å²) >= 11 is 0. The van der Waals surface area contributed by atoms with Crippen LogP contribution in [0, 0.1) is 13.8 Å². The number of hydrogen-bond donors (Lipinski definition) is 1. The zero-order chi connectivity index (χ0) is 15.5. The van der Waals surface area contributed by atoms with Gasteiger partial charge in [-0.25, -0.2) is 4.98 Å². The Hall–Kier alpha value is -1.85. The number of benzene rings is 1. The number of aliphatic hydroxyl groups excluding tert-OH is 1. The van der Waals surface area contributed by atoms with Crippen molar-refractivity contribution >= 4 is 0 Å². The molecule has 2 heterocycles. The van der Waals surface area contributed by atoms with Gasteiger partial charge in [-0.05, 0) is 25.0 Å². The van der Waals surface area contributed by atoms with E-state index >= 15 is 0 Å². The Bertz CT molecular complexity index is 618. The number of aliphatic hydroxyl groups is 1. The van der Waals surface area contributed by atoms with E-state index in [9.17, 15) is 5.11 Å². The number of aryl methyl sites for hydroxylation is 2. The third-order valence-corrected chi connectivity index (χ3v) is 4.12. The summed E-state index contributed by atoms with van der Waals surface area (Å²) in [6.07, 6.45) is 3.34. The summed E-state index contributed by atoms with van der Waals surface area (Å²) in [4.78, 5) is 6.56. The number of para-hydroxylation sites is 1. The molecule has 0 spiro atoms. The molecule has 0 radical (unpaired) electrons. The Balaban J connectivity index is 1.52. The van der Waals surface area contributed by atoms with E-state index in [1.54, 1.807) is 0 Å². The van der Waals surface area contributed by atoms with Gasteiger partial charge in [0.1, 0.15) is 24.3 Å². The number of aromatic nitrogens is 2. The molecule has 0 saturated heterocycles. The summed E-state index contributed by atoms with van der Waals surface area (Å²) in [7, 11) is 0. The van der Waals surface area contributed by atoms with E-state index in [0.29, 0.717) is 13.2 Å². The lowest BCUT2D eigenvalue weighted by molar-refractivity contribution is 0.0579. The first-order valence-corrected chi connectivity index (χ1v) is 7.73. The van der Waals surface area contributed by atoms with E-state index in [4.69, 9.17) is 4.74 Å². The monoisotopic (exact) mass is 301 g/mol. The van der Waals surface area contributed by atoms with Crippen molar-refractivity contribution in [1.29, 1.82) is 0 Å². The van der Waals surface area contributed by atoms with Crippen molar-refractivity contribution in [1.82, 2.24) is 14.5 Å². The molecule has 1 N–H and O–H groups in total. The van der Waals surface area contributed by atoms with Crippen LogP contribution in [0.5, 0.6) is 5.75 Å². The second kappa shape index (κ2) is 6.50. The first-order chi connectivity index (χ1) is 10.6. The minimum atomic E-state index is -0.500. The topological polar surface area (TPSA) is 50.5 Å². The smallest absolute Gasteiger partial charge is 0.125 e. The van der Waals surface area contributed by atoms with Crippen LogP contribution in [0.4, 0.5) is 0 Å². The highest BCUT2D eigenvalue weighted by Crippen LogP contribution is 2.22. The molecule has 118 valence electrons. The maximum atomic E-state index is 10.2. The molecule has 0 saturated carbocycles. The highest BCUT2D eigenvalue weighted by atomic mass is 16.5. The average molecular weight is 301 g/mol. The number of fused-ring (bicyclic) bond motifs is 1. The van der Waals surface area contributed by atoms with Gasteiger partial charge >= 0.3 is 0 Å². The van der Waals surface area contributed by atoms with Crippen molar-refractivity contribution < 1.29 is 9.84 Å². The Labute approximate surface area is 131 Å². The molecule has 1 aliphatic rings. The third-order valence-electron chi connectivity index (χ3n) is 4.12. The SMILES string of the molecule is Cc1cccc(C)c1OC[C@@H](O)CN1CCn2ccnc2C1. The molecule has 1 aromatic carbocycles. The molecule has 5 heteroatoms. The Morgan fingerprint density at radius 3 is 2.82 bits per heavy atom. The lowest BCUT2D eigenvalue weighted by Gasteiger charge is -2.29. The van der Waals surface area contributed by atoms with Crippen LogP contribution in [0.15, 0.2) is 30.6 Å². The van der Waals surface area contributed by atoms with Gasteiger partial charge in [-0.1, -0.05) is 18.2 Å². The first-order valence-electron chi connectivity index (χ1n) is 7.73. The van der Waals surface area contributed by atoms with Crippen molar-refractivity contribution in [3.63, 3.8) is 0 Å². The standard InChI is InChI=1S/C17H23N3O2/c1-13-4-3-5-14(2)17(13)22-12-15(21)10-19-8-9-20-7-6-18-16(20)11-19/h3-7,15,21H,8-12H2,1-2H3/t15-/m0/s1. The van der Waals surface area contributed by atoms with Gasteiger partial charge in [-0.15, -0.1) is 0 Å². The molecule has 0 fully saturated rings. The average Bonchev–Trinajstić information content (AvgIpc) is 2.94. The first kappa shape index (κ1) is 15.1. The maximum Gasteiger partial charge on any atom is 0.125 e. The normalized spacial score (nSPS) is 16.3. The maximum absolute atomic E-state index is 10.2. The van der Waals surface area contributed by atoms with Gasteiger partial charge in [0.25, 0.3) is 0 Å². The van der Waals surface area contributed by atoms with Gasteiger partial charge in [0, 0.05) is 32.0 Å². The van der Waals surface area contributed by atoms with Crippen LogP contribution in [-0.4, -0.2) is 45.4 Å². The van der Waals surface area contributed by atoms with Gasteiger partial charge in [0.05, 0.1) is 6.54 Å². The van der Waals surface area contributed by atoms with Crippen LogP contribution >= 0.6 is 0 Å². The molecule has 2 aromatic rings. The van der Waals surface area contributed by atoms with E-state index in [2.05, 4.69) is 14.5 Å². The van der Waals surface area contributed by atoms with Gasteiger partial charge in [0.2, 0.25) is 0 Å². The Morgan fingerprint density at radius 2 is 2.05 bits per heavy atom. The second-order valence-corrected chi connectivity index (χ2v) is 5.96. The largest absolute Gasteiger partial charge is 0.490 e. The minimum Gasteiger partial charge on any atom is -0.490 e. The fourth-order valence-electron chi connectivity index (χ4n) is 2.94. The van der Waals surface area contributed by atoms with Crippen molar-refractivity contribution in [2.24, 2.45) is 0 Å². The number of β-amino-alcohol motifs (C(OH)–C–C–N with tert-alkyl or cyclic N) is 1. The molecule has 0 bridgehead atoms. The quantitative estimate of drug-likeness (QED) is 0.914. The zero-order valence-corrected chi connectivity index (χ0v) is 13.2. The summed E-state index contributed by atoms with van der Waals surface area (Å²) in [5.41, 5.74) is 2.21. The number of rotatable bonds is 5. The van der Waals surface area contributed by atoms with Crippen molar-refractivity contribution in [2.45, 2.75) is 33.0 Å². The molecule has 1 aromatic heterocycles. The molecule has 22 heavy (non-hydrogen) atoms. The molecule has 1 aliphatic heterocycles. The third kappa shape index (κ3) is 3.31. The number of imidazole rings is 1. The fourth-order valence-corrected chi connectivity index (χ4v) is 2.94. The summed E-state index contributed by atoms with van der Waals surface area (Å²) < 4.78 is 7.99. The Morgan fingerprint density at radius 1 is 1.27 bits per heavy atom. The van der Waals surface area contributed by atoms with E-state index in [0.717, 1.165) is 42.3 Å².